The summed E-state index contributed by atoms with van der Waals surface area (Å²) in [6, 6.07) is 7.25. The monoisotopic (exact) mass is 307 g/mol. The summed E-state index contributed by atoms with van der Waals surface area (Å²) in [5.41, 5.74) is 3.50. The van der Waals surface area contributed by atoms with Crippen molar-refractivity contribution in [2.24, 2.45) is 0 Å². The van der Waals surface area contributed by atoms with Crippen molar-refractivity contribution in [2.45, 2.75) is 38.3 Å². The van der Waals surface area contributed by atoms with Gasteiger partial charge in [-0.1, -0.05) is 6.42 Å². The zero-order chi connectivity index (χ0) is 15.2. The Morgan fingerprint density at radius 1 is 1.09 bits per heavy atom. The molecule has 1 atom stereocenters. The quantitative estimate of drug-likeness (QED) is 0.694. The Morgan fingerprint density at radius 2 is 2.09 bits per heavy atom. The number of piperidine rings is 1. The minimum absolute atomic E-state index is 0.690. The lowest BCUT2D eigenvalue weighted by atomic mass is 10.00. The Hall–Kier alpha value is -2.14. The molecular weight excluding hydrogens is 286 g/mol. The third kappa shape index (κ3) is 2.18. The van der Waals surface area contributed by atoms with Crippen molar-refractivity contribution >= 4 is 11.0 Å². The first-order chi connectivity index (χ1) is 11.4. The van der Waals surface area contributed by atoms with Gasteiger partial charge in [0.1, 0.15) is 5.82 Å². The summed E-state index contributed by atoms with van der Waals surface area (Å²) in [6.07, 6.45) is 10.8. The van der Waals surface area contributed by atoms with Crippen molar-refractivity contribution in [2.75, 3.05) is 13.1 Å². The maximum Gasteiger partial charge on any atom is 0.111 e. The highest BCUT2D eigenvalue weighted by molar-refractivity contribution is 5.78. The molecule has 1 saturated heterocycles. The summed E-state index contributed by atoms with van der Waals surface area (Å²) in [5, 5.41) is 0. The zero-order valence-corrected chi connectivity index (χ0v) is 13.2. The normalized spacial score (nSPS) is 21.8. The lowest BCUT2D eigenvalue weighted by molar-refractivity contribution is 0.152. The van der Waals surface area contributed by atoms with Crippen molar-refractivity contribution < 1.29 is 0 Å². The molecule has 5 heteroatoms. The standard InChI is InChI=1S/C18H21N5/c1-2-7-21-9-10-23-17-5-4-15(22-8-6-19-13-22)11-16(17)20-18(23)12-14(21)3-1/h4-6,8,11,13-14H,1-3,7,9-10,12H2. The summed E-state index contributed by atoms with van der Waals surface area (Å²) < 4.78 is 4.47. The number of rotatable bonds is 1. The maximum atomic E-state index is 4.98. The van der Waals surface area contributed by atoms with Gasteiger partial charge in [0.15, 0.2) is 0 Å². The van der Waals surface area contributed by atoms with Gasteiger partial charge in [-0.15, -0.1) is 0 Å². The molecule has 0 radical (unpaired) electrons. The molecule has 3 aromatic rings. The molecule has 0 spiro atoms. The number of nitrogens with zero attached hydrogens (tertiary/aromatic N) is 5. The van der Waals surface area contributed by atoms with E-state index in [4.69, 9.17) is 4.98 Å². The Balaban J connectivity index is 1.56. The molecule has 2 aliphatic rings. The highest BCUT2D eigenvalue weighted by atomic mass is 15.2. The number of fused-ring (bicyclic) bond motifs is 4. The van der Waals surface area contributed by atoms with Crippen LogP contribution in [0.25, 0.3) is 16.7 Å². The topological polar surface area (TPSA) is 38.9 Å². The summed E-state index contributed by atoms with van der Waals surface area (Å²) in [4.78, 5) is 11.8. The number of benzene rings is 1. The van der Waals surface area contributed by atoms with Crippen molar-refractivity contribution in [1.82, 2.24) is 24.0 Å². The van der Waals surface area contributed by atoms with Crippen LogP contribution < -0.4 is 0 Å². The van der Waals surface area contributed by atoms with Crippen LogP contribution in [0.4, 0.5) is 0 Å². The molecule has 1 unspecified atom stereocenters. The Morgan fingerprint density at radius 3 is 3.00 bits per heavy atom. The second kappa shape index (κ2) is 5.20. The predicted octanol–water partition coefficient (Wildman–Crippen LogP) is 2.63. The summed E-state index contributed by atoms with van der Waals surface area (Å²) in [7, 11) is 0. The van der Waals surface area contributed by atoms with Gasteiger partial charge in [0, 0.05) is 43.6 Å². The Labute approximate surface area is 135 Å². The van der Waals surface area contributed by atoms with Crippen LogP contribution in [0.15, 0.2) is 36.9 Å². The highest BCUT2D eigenvalue weighted by Crippen LogP contribution is 2.27. The number of hydrogen-bond donors (Lipinski definition) is 0. The molecule has 0 amide bonds. The minimum Gasteiger partial charge on any atom is -0.327 e. The van der Waals surface area contributed by atoms with E-state index in [0.717, 1.165) is 30.7 Å². The molecule has 0 bridgehead atoms. The van der Waals surface area contributed by atoms with Gasteiger partial charge in [-0.3, -0.25) is 4.90 Å². The fraction of sp³-hybridized carbons (Fsp3) is 0.444. The van der Waals surface area contributed by atoms with Gasteiger partial charge in [-0.2, -0.15) is 0 Å². The summed E-state index contributed by atoms with van der Waals surface area (Å²) >= 11 is 0. The number of imidazole rings is 2. The lowest BCUT2D eigenvalue weighted by Crippen LogP contribution is -2.40. The van der Waals surface area contributed by atoms with Crippen LogP contribution in [0.2, 0.25) is 0 Å². The average Bonchev–Trinajstić information content (AvgIpc) is 3.18. The van der Waals surface area contributed by atoms with Crippen LogP contribution in [-0.2, 0) is 13.0 Å². The molecule has 2 aromatic heterocycles. The molecule has 23 heavy (non-hydrogen) atoms. The third-order valence-corrected chi connectivity index (χ3v) is 5.39. The van der Waals surface area contributed by atoms with E-state index in [1.807, 2.05) is 23.3 Å². The van der Waals surface area contributed by atoms with Gasteiger partial charge in [-0.05, 0) is 37.6 Å². The van der Waals surface area contributed by atoms with E-state index in [0.29, 0.717) is 6.04 Å². The smallest absolute Gasteiger partial charge is 0.111 e. The first-order valence-corrected chi connectivity index (χ1v) is 8.60. The van der Waals surface area contributed by atoms with Crippen LogP contribution in [-0.4, -0.2) is 43.1 Å². The van der Waals surface area contributed by atoms with E-state index in [1.54, 1.807) is 0 Å². The van der Waals surface area contributed by atoms with Crippen LogP contribution in [0, 0.1) is 0 Å². The lowest BCUT2D eigenvalue weighted by Gasteiger charge is -2.33. The fourth-order valence-electron chi connectivity index (χ4n) is 4.17. The van der Waals surface area contributed by atoms with E-state index in [9.17, 15) is 0 Å². The predicted molar refractivity (Wildman–Crippen MR) is 89.8 cm³/mol. The third-order valence-electron chi connectivity index (χ3n) is 5.39. The molecule has 1 fully saturated rings. The van der Waals surface area contributed by atoms with Crippen molar-refractivity contribution in [3.05, 3.63) is 42.7 Å². The van der Waals surface area contributed by atoms with Crippen molar-refractivity contribution in [3.63, 3.8) is 0 Å². The molecule has 5 nitrogen and oxygen atoms in total. The molecule has 0 saturated carbocycles. The van der Waals surface area contributed by atoms with Crippen LogP contribution in [0.5, 0.6) is 0 Å². The maximum absolute atomic E-state index is 4.98. The minimum atomic E-state index is 0.690. The molecule has 2 aliphatic heterocycles. The van der Waals surface area contributed by atoms with Crippen molar-refractivity contribution in [3.8, 4) is 5.69 Å². The summed E-state index contributed by atoms with van der Waals surface area (Å²) in [5.74, 6) is 1.26. The Kier molecular flexibility index (Phi) is 3.01. The second-order valence-corrected chi connectivity index (χ2v) is 6.71. The van der Waals surface area contributed by atoms with Crippen LogP contribution in [0.3, 0.4) is 0 Å². The van der Waals surface area contributed by atoms with E-state index >= 15 is 0 Å². The average molecular weight is 307 g/mol. The van der Waals surface area contributed by atoms with E-state index < -0.39 is 0 Å². The molecule has 4 heterocycles. The molecule has 0 aliphatic carbocycles. The highest BCUT2D eigenvalue weighted by Gasteiger charge is 2.27. The number of hydrogen-bond acceptors (Lipinski definition) is 3. The van der Waals surface area contributed by atoms with Gasteiger partial charge < -0.3 is 9.13 Å². The fourth-order valence-corrected chi connectivity index (χ4v) is 4.17. The zero-order valence-electron chi connectivity index (χ0n) is 13.2. The first kappa shape index (κ1) is 13.3. The van der Waals surface area contributed by atoms with Crippen LogP contribution >= 0.6 is 0 Å². The number of aromatic nitrogens is 4. The molecule has 1 aromatic carbocycles. The first-order valence-electron chi connectivity index (χ1n) is 8.60. The van der Waals surface area contributed by atoms with Crippen molar-refractivity contribution in [1.29, 1.82) is 0 Å². The second-order valence-electron chi connectivity index (χ2n) is 6.71. The van der Waals surface area contributed by atoms with Gasteiger partial charge in [0.2, 0.25) is 0 Å². The molecule has 118 valence electrons. The van der Waals surface area contributed by atoms with Crippen LogP contribution in [0.1, 0.15) is 25.1 Å². The van der Waals surface area contributed by atoms with Gasteiger partial charge in [0.05, 0.1) is 17.4 Å². The Bertz CT molecular complexity index is 833. The molecule has 5 rings (SSSR count). The molecule has 0 N–H and O–H groups in total. The van der Waals surface area contributed by atoms with Gasteiger partial charge in [-0.25, -0.2) is 9.97 Å². The van der Waals surface area contributed by atoms with E-state index in [2.05, 4.69) is 32.7 Å². The molecular formula is C18H21N5. The van der Waals surface area contributed by atoms with E-state index in [1.165, 1.54) is 37.1 Å². The van der Waals surface area contributed by atoms with Gasteiger partial charge in [0.25, 0.3) is 0 Å². The van der Waals surface area contributed by atoms with E-state index in [-0.39, 0.29) is 0 Å². The van der Waals surface area contributed by atoms with Gasteiger partial charge >= 0.3 is 0 Å². The summed E-state index contributed by atoms with van der Waals surface area (Å²) in [6.45, 7) is 3.48. The SMILES string of the molecule is c1cn(-c2ccc3c(c2)nc2n3CCN3CCCCC3C2)cn1. The largest absolute Gasteiger partial charge is 0.327 e.